The van der Waals surface area contributed by atoms with Gasteiger partial charge >= 0.3 is 0 Å². The van der Waals surface area contributed by atoms with E-state index in [4.69, 9.17) is 4.42 Å². The summed E-state index contributed by atoms with van der Waals surface area (Å²) in [4.78, 5) is 17.1. The van der Waals surface area contributed by atoms with Crippen molar-refractivity contribution >= 4 is 11.6 Å². The molecular formula is C19H24N4O2. The molecule has 2 aromatic rings. The number of hydrogen-bond donors (Lipinski definition) is 0. The average molecular weight is 340 g/mol. The van der Waals surface area contributed by atoms with Crippen molar-refractivity contribution in [2.24, 2.45) is 0 Å². The Kier molecular flexibility index (Phi) is 4.42. The Morgan fingerprint density at radius 1 is 1.04 bits per heavy atom. The highest BCUT2D eigenvalue weighted by Crippen LogP contribution is 2.28. The Bertz CT molecular complexity index is 726. The van der Waals surface area contributed by atoms with Gasteiger partial charge in [-0.25, -0.2) is 0 Å². The van der Waals surface area contributed by atoms with Gasteiger partial charge in [-0.05, 0) is 49.9 Å². The predicted octanol–water partition coefficient (Wildman–Crippen LogP) is 3.00. The molecule has 0 saturated carbocycles. The third-order valence-corrected chi connectivity index (χ3v) is 5.26. The van der Waals surface area contributed by atoms with Crippen molar-refractivity contribution in [3.05, 3.63) is 41.6 Å². The number of likely N-dealkylation sites (tertiary alicyclic amines) is 1. The summed E-state index contributed by atoms with van der Waals surface area (Å²) in [7, 11) is 0. The fraction of sp³-hybridized carbons (Fsp3) is 0.526. The van der Waals surface area contributed by atoms with Gasteiger partial charge in [0.1, 0.15) is 0 Å². The molecule has 0 spiro atoms. The number of rotatable bonds is 3. The largest absolute Gasteiger partial charge is 0.425 e. The fourth-order valence-electron chi connectivity index (χ4n) is 3.78. The molecule has 2 aliphatic heterocycles. The van der Waals surface area contributed by atoms with Gasteiger partial charge in [-0.3, -0.25) is 4.79 Å². The molecule has 0 bridgehead atoms. The summed E-state index contributed by atoms with van der Waals surface area (Å²) in [5, 5.41) is 8.02. The predicted molar refractivity (Wildman–Crippen MR) is 94.8 cm³/mol. The van der Waals surface area contributed by atoms with Gasteiger partial charge in [0.05, 0.1) is 0 Å². The summed E-state index contributed by atoms with van der Waals surface area (Å²) in [6, 6.07) is 8.08. The lowest BCUT2D eigenvalue weighted by atomic mass is 9.96. The van der Waals surface area contributed by atoms with E-state index < -0.39 is 0 Å². The SMILES string of the molecule is Cc1nnc(C2CCN(C(=O)c3ccc(N4CCCC4)cc3)CC2)o1. The number of aromatic nitrogens is 2. The minimum atomic E-state index is 0.119. The van der Waals surface area contributed by atoms with Crippen molar-refractivity contribution in [2.75, 3.05) is 31.1 Å². The van der Waals surface area contributed by atoms with E-state index in [2.05, 4.69) is 27.2 Å². The molecular weight excluding hydrogens is 316 g/mol. The first kappa shape index (κ1) is 16.1. The van der Waals surface area contributed by atoms with Crippen LogP contribution in [0, 0.1) is 6.92 Å². The molecule has 25 heavy (non-hydrogen) atoms. The number of anilines is 1. The fourth-order valence-corrected chi connectivity index (χ4v) is 3.78. The molecule has 0 unspecified atom stereocenters. The van der Waals surface area contributed by atoms with Crippen LogP contribution in [0.15, 0.2) is 28.7 Å². The van der Waals surface area contributed by atoms with E-state index in [1.165, 1.54) is 18.5 Å². The van der Waals surface area contributed by atoms with Gasteiger partial charge in [0.15, 0.2) is 0 Å². The van der Waals surface area contributed by atoms with Crippen LogP contribution in [0.3, 0.4) is 0 Å². The molecule has 6 nitrogen and oxygen atoms in total. The van der Waals surface area contributed by atoms with E-state index in [0.29, 0.717) is 11.8 Å². The number of aryl methyl sites for hydroxylation is 1. The molecule has 132 valence electrons. The van der Waals surface area contributed by atoms with Gasteiger partial charge in [0.25, 0.3) is 5.91 Å². The lowest BCUT2D eigenvalue weighted by Gasteiger charge is -2.30. The van der Waals surface area contributed by atoms with E-state index in [1.807, 2.05) is 17.0 Å². The third-order valence-electron chi connectivity index (χ3n) is 5.26. The summed E-state index contributed by atoms with van der Waals surface area (Å²) in [5.41, 5.74) is 1.99. The number of carbonyl (C=O) groups is 1. The van der Waals surface area contributed by atoms with Crippen LogP contribution in [0.4, 0.5) is 5.69 Å². The van der Waals surface area contributed by atoms with Crippen molar-refractivity contribution in [1.82, 2.24) is 15.1 Å². The number of carbonyl (C=O) groups excluding carboxylic acids is 1. The first-order chi connectivity index (χ1) is 12.2. The van der Waals surface area contributed by atoms with Crippen LogP contribution in [0.2, 0.25) is 0 Å². The Morgan fingerprint density at radius 3 is 2.32 bits per heavy atom. The first-order valence-electron chi connectivity index (χ1n) is 9.15. The Balaban J connectivity index is 1.37. The maximum atomic E-state index is 12.7. The van der Waals surface area contributed by atoms with E-state index >= 15 is 0 Å². The number of amides is 1. The van der Waals surface area contributed by atoms with Crippen molar-refractivity contribution in [3.8, 4) is 0 Å². The highest BCUT2D eigenvalue weighted by Gasteiger charge is 2.27. The molecule has 0 radical (unpaired) electrons. The van der Waals surface area contributed by atoms with Gasteiger partial charge in [-0.15, -0.1) is 10.2 Å². The van der Waals surface area contributed by atoms with Crippen LogP contribution < -0.4 is 4.90 Å². The lowest BCUT2D eigenvalue weighted by Crippen LogP contribution is -2.38. The summed E-state index contributed by atoms with van der Waals surface area (Å²) >= 11 is 0. The summed E-state index contributed by atoms with van der Waals surface area (Å²) in [6.45, 7) is 5.52. The zero-order valence-electron chi connectivity index (χ0n) is 14.6. The van der Waals surface area contributed by atoms with Gasteiger partial charge in [0.2, 0.25) is 11.8 Å². The topological polar surface area (TPSA) is 62.5 Å². The minimum Gasteiger partial charge on any atom is -0.425 e. The smallest absolute Gasteiger partial charge is 0.253 e. The summed E-state index contributed by atoms with van der Waals surface area (Å²) in [6.07, 6.45) is 4.27. The lowest BCUT2D eigenvalue weighted by molar-refractivity contribution is 0.0706. The second-order valence-electron chi connectivity index (χ2n) is 6.97. The zero-order chi connectivity index (χ0) is 17.2. The average Bonchev–Trinajstić information content (AvgIpc) is 3.33. The number of piperidine rings is 1. The van der Waals surface area contributed by atoms with Gasteiger partial charge in [-0.1, -0.05) is 0 Å². The Morgan fingerprint density at radius 2 is 1.72 bits per heavy atom. The molecule has 0 aliphatic carbocycles. The molecule has 4 rings (SSSR count). The molecule has 1 aromatic heterocycles. The van der Waals surface area contributed by atoms with Gasteiger partial charge < -0.3 is 14.2 Å². The van der Waals surface area contributed by atoms with E-state index in [9.17, 15) is 4.79 Å². The summed E-state index contributed by atoms with van der Waals surface area (Å²) < 4.78 is 5.53. The Labute approximate surface area is 147 Å². The van der Waals surface area contributed by atoms with Gasteiger partial charge in [0, 0.05) is 50.3 Å². The molecule has 0 atom stereocenters. The molecule has 6 heteroatoms. The molecule has 1 aromatic carbocycles. The number of nitrogens with zero attached hydrogens (tertiary/aromatic N) is 4. The molecule has 2 aliphatic rings. The third kappa shape index (κ3) is 3.38. The maximum Gasteiger partial charge on any atom is 0.253 e. The van der Waals surface area contributed by atoms with Crippen LogP contribution in [0.25, 0.3) is 0 Å². The highest BCUT2D eigenvalue weighted by atomic mass is 16.4. The second kappa shape index (κ2) is 6.86. The molecule has 2 fully saturated rings. The van der Waals surface area contributed by atoms with Crippen molar-refractivity contribution in [3.63, 3.8) is 0 Å². The van der Waals surface area contributed by atoms with Crippen molar-refractivity contribution in [1.29, 1.82) is 0 Å². The van der Waals surface area contributed by atoms with Crippen LogP contribution in [0.1, 0.15) is 53.7 Å². The first-order valence-corrected chi connectivity index (χ1v) is 9.15. The van der Waals surface area contributed by atoms with Crippen molar-refractivity contribution in [2.45, 2.75) is 38.5 Å². The van der Waals surface area contributed by atoms with Crippen LogP contribution >= 0.6 is 0 Å². The standard InChI is InChI=1S/C19H24N4O2/c1-14-20-21-18(25-14)15-8-12-23(13-9-15)19(24)16-4-6-17(7-5-16)22-10-2-3-11-22/h4-7,15H,2-3,8-13H2,1H3. The van der Waals surface area contributed by atoms with Crippen molar-refractivity contribution < 1.29 is 9.21 Å². The van der Waals surface area contributed by atoms with Crippen LogP contribution in [-0.4, -0.2) is 47.2 Å². The number of benzene rings is 1. The van der Waals surface area contributed by atoms with E-state index in [0.717, 1.165) is 44.6 Å². The Hall–Kier alpha value is -2.37. The van der Waals surface area contributed by atoms with Crippen LogP contribution in [-0.2, 0) is 0 Å². The van der Waals surface area contributed by atoms with Gasteiger partial charge in [-0.2, -0.15) is 0 Å². The van der Waals surface area contributed by atoms with E-state index in [1.54, 1.807) is 6.92 Å². The maximum absolute atomic E-state index is 12.7. The normalized spacial score (nSPS) is 18.8. The van der Waals surface area contributed by atoms with E-state index in [-0.39, 0.29) is 11.8 Å². The quantitative estimate of drug-likeness (QED) is 0.859. The highest BCUT2D eigenvalue weighted by molar-refractivity contribution is 5.94. The molecule has 2 saturated heterocycles. The monoisotopic (exact) mass is 340 g/mol. The molecule has 3 heterocycles. The molecule has 1 amide bonds. The number of hydrogen-bond acceptors (Lipinski definition) is 5. The molecule has 0 N–H and O–H groups in total. The second-order valence-corrected chi connectivity index (χ2v) is 6.97. The minimum absolute atomic E-state index is 0.119. The summed E-state index contributed by atoms with van der Waals surface area (Å²) in [5.74, 6) is 1.70. The van der Waals surface area contributed by atoms with Crippen LogP contribution in [0.5, 0.6) is 0 Å². The zero-order valence-corrected chi connectivity index (χ0v) is 14.6.